The Morgan fingerprint density at radius 3 is 2.38 bits per heavy atom. The van der Waals surface area contributed by atoms with Crippen molar-refractivity contribution in [3.05, 3.63) is 66.5 Å². The summed E-state index contributed by atoms with van der Waals surface area (Å²) in [6, 6.07) is 13.7. The fraction of sp³-hybridized carbons (Fsp3) is 0.0667. The number of rotatable bonds is 3. The maximum atomic E-state index is 12.5. The smallest absolute Gasteiger partial charge is 0.255 e. The van der Waals surface area contributed by atoms with Crippen molar-refractivity contribution in [3.8, 4) is 11.4 Å². The molecule has 0 aliphatic heterocycles. The van der Waals surface area contributed by atoms with Crippen LogP contribution >= 0.6 is 0 Å². The quantitative estimate of drug-likeness (QED) is 0.745. The standard InChI is InChI=1S/C15H13N3O2S/c1-12-5-7-13(8-6-12)21(19,20)18-11-9-15(17-18)14-4-2-3-10-16-14/h2-11H,1H3. The van der Waals surface area contributed by atoms with Crippen molar-refractivity contribution in [2.75, 3.05) is 0 Å². The molecule has 0 aliphatic carbocycles. The van der Waals surface area contributed by atoms with Crippen LogP contribution in [0.2, 0.25) is 0 Å². The fourth-order valence-corrected chi connectivity index (χ4v) is 3.02. The molecule has 0 unspecified atom stereocenters. The minimum absolute atomic E-state index is 0.212. The summed E-state index contributed by atoms with van der Waals surface area (Å²) < 4.78 is 25.9. The van der Waals surface area contributed by atoms with E-state index in [1.165, 1.54) is 6.20 Å². The van der Waals surface area contributed by atoms with E-state index in [1.807, 2.05) is 13.0 Å². The lowest BCUT2D eigenvalue weighted by atomic mass is 10.2. The number of hydrogen-bond acceptors (Lipinski definition) is 4. The Balaban J connectivity index is 2.01. The lowest BCUT2D eigenvalue weighted by Gasteiger charge is -2.04. The first kappa shape index (κ1) is 13.5. The average Bonchev–Trinajstić information content (AvgIpc) is 2.99. The van der Waals surface area contributed by atoms with Gasteiger partial charge in [0, 0.05) is 12.4 Å². The Bertz CT molecular complexity index is 853. The highest BCUT2D eigenvalue weighted by Crippen LogP contribution is 2.18. The Kier molecular flexibility index (Phi) is 3.31. The van der Waals surface area contributed by atoms with E-state index in [4.69, 9.17) is 0 Å². The first-order chi connectivity index (χ1) is 10.1. The Morgan fingerprint density at radius 2 is 1.71 bits per heavy atom. The van der Waals surface area contributed by atoms with Crippen LogP contribution < -0.4 is 0 Å². The normalized spacial score (nSPS) is 11.5. The lowest BCUT2D eigenvalue weighted by molar-refractivity contribution is 0.580. The van der Waals surface area contributed by atoms with E-state index in [1.54, 1.807) is 48.7 Å². The van der Waals surface area contributed by atoms with E-state index in [0.29, 0.717) is 11.4 Å². The Morgan fingerprint density at radius 1 is 0.952 bits per heavy atom. The molecule has 2 aromatic heterocycles. The third-order valence-electron chi connectivity index (χ3n) is 3.06. The van der Waals surface area contributed by atoms with Crippen molar-refractivity contribution in [2.24, 2.45) is 0 Å². The molecule has 0 saturated heterocycles. The zero-order valence-corrected chi connectivity index (χ0v) is 12.2. The Hall–Kier alpha value is -2.47. The number of aromatic nitrogens is 3. The van der Waals surface area contributed by atoms with Gasteiger partial charge in [-0.15, -0.1) is 0 Å². The maximum Gasteiger partial charge on any atom is 0.282 e. The maximum absolute atomic E-state index is 12.5. The minimum Gasteiger partial charge on any atom is -0.255 e. The van der Waals surface area contributed by atoms with E-state index in [-0.39, 0.29) is 4.90 Å². The molecule has 0 aliphatic rings. The number of nitrogens with zero attached hydrogens (tertiary/aromatic N) is 3. The van der Waals surface area contributed by atoms with Gasteiger partial charge in [0.15, 0.2) is 0 Å². The van der Waals surface area contributed by atoms with E-state index in [2.05, 4.69) is 10.1 Å². The van der Waals surface area contributed by atoms with E-state index < -0.39 is 10.0 Å². The van der Waals surface area contributed by atoms with Gasteiger partial charge in [-0.1, -0.05) is 23.8 Å². The third-order valence-corrected chi connectivity index (χ3v) is 4.62. The Labute approximate surface area is 122 Å². The molecule has 0 radical (unpaired) electrons. The lowest BCUT2D eigenvalue weighted by Crippen LogP contribution is -2.13. The number of pyridine rings is 1. The molecule has 0 spiro atoms. The summed E-state index contributed by atoms with van der Waals surface area (Å²) >= 11 is 0. The average molecular weight is 299 g/mol. The second-order valence-corrected chi connectivity index (χ2v) is 6.40. The van der Waals surface area contributed by atoms with E-state index in [0.717, 1.165) is 9.65 Å². The molecule has 0 N–H and O–H groups in total. The fourth-order valence-electron chi connectivity index (χ4n) is 1.91. The molecule has 0 fully saturated rings. The predicted octanol–water partition coefficient (Wildman–Crippen LogP) is 2.49. The van der Waals surface area contributed by atoms with Crippen LogP contribution in [0.15, 0.2) is 65.8 Å². The van der Waals surface area contributed by atoms with Crippen molar-refractivity contribution in [3.63, 3.8) is 0 Å². The molecule has 3 rings (SSSR count). The van der Waals surface area contributed by atoms with Gasteiger partial charge in [-0.05, 0) is 37.3 Å². The molecule has 5 nitrogen and oxygen atoms in total. The van der Waals surface area contributed by atoms with Gasteiger partial charge in [-0.3, -0.25) is 4.98 Å². The molecule has 0 bridgehead atoms. The van der Waals surface area contributed by atoms with Gasteiger partial charge in [0.25, 0.3) is 10.0 Å². The summed E-state index contributed by atoms with van der Waals surface area (Å²) in [5.41, 5.74) is 2.16. The van der Waals surface area contributed by atoms with Gasteiger partial charge in [0.1, 0.15) is 5.69 Å². The number of benzene rings is 1. The number of hydrogen-bond donors (Lipinski definition) is 0. The molecule has 106 valence electrons. The van der Waals surface area contributed by atoms with E-state index >= 15 is 0 Å². The van der Waals surface area contributed by atoms with Crippen LogP contribution in [0.5, 0.6) is 0 Å². The van der Waals surface area contributed by atoms with Gasteiger partial charge in [0.05, 0.1) is 10.6 Å². The summed E-state index contributed by atoms with van der Waals surface area (Å²) in [5, 5.41) is 4.12. The van der Waals surface area contributed by atoms with Gasteiger partial charge in [-0.25, -0.2) is 0 Å². The molecule has 1 aromatic carbocycles. The molecule has 0 amide bonds. The second kappa shape index (κ2) is 5.14. The summed E-state index contributed by atoms with van der Waals surface area (Å²) in [6.07, 6.45) is 3.07. The molecule has 3 aromatic rings. The molecule has 21 heavy (non-hydrogen) atoms. The largest absolute Gasteiger partial charge is 0.282 e. The van der Waals surface area contributed by atoms with Gasteiger partial charge in [0.2, 0.25) is 0 Å². The van der Waals surface area contributed by atoms with Crippen LogP contribution in [0, 0.1) is 6.92 Å². The highest BCUT2D eigenvalue weighted by Gasteiger charge is 2.18. The van der Waals surface area contributed by atoms with Crippen molar-refractivity contribution in [1.82, 2.24) is 14.2 Å². The molecule has 6 heteroatoms. The summed E-state index contributed by atoms with van der Waals surface area (Å²) in [6.45, 7) is 1.91. The molecular formula is C15H13N3O2S. The molecule has 0 atom stereocenters. The van der Waals surface area contributed by atoms with E-state index in [9.17, 15) is 8.42 Å². The molecular weight excluding hydrogens is 286 g/mol. The third kappa shape index (κ3) is 2.57. The minimum atomic E-state index is -3.67. The zero-order chi connectivity index (χ0) is 14.9. The zero-order valence-electron chi connectivity index (χ0n) is 11.3. The van der Waals surface area contributed by atoms with Crippen LogP contribution in [-0.2, 0) is 10.0 Å². The number of aryl methyl sites for hydroxylation is 1. The van der Waals surface area contributed by atoms with Crippen LogP contribution in [0.25, 0.3) is 11.4 Å². The highest BCUT2D eigenvalue weighted by atomic mass is 32.2. The van der Waals surface area contributed by atoms with Crippen molar-refractivity contribution < 1.29 is 8.42 Å². The second-order valence-electron chi connectivity index (χ2n) is 4.61. The van der Waals surface area contributed by atoms with Crippen molar-refractivity contribution in [2.45, 2.75) is 11.8 Å². The first-order valence-electron chi connectivity index (χ1n) is 6.37. The summed E-state index contributed by atoms with van der Waals surface area (Å²) in [4.78, 5) is 4.37. The van der Waals surface area contributed by atoms with Crippen LogP contribution in [-0.4, -0.2) is 22.6 Å². The van der Waals surface area contributed by atoms with Gasteiger partial charge in [-0.2, -0.15) is 17.6 Å². The SMILES string of the molecule is Cc1ccc(S(=O)(=O)n2ccc(-c3ccccn3)n2)cc1. The predicted molar refractivity (Wildman–Crippen MR) is 79.2 cm³/mol. The topological polar surface area (TPSA) is 64.8 Å². The molecule has 2 heterocycles. The summed E-state index contributed by atoms with van der Waals surface area (Å²) in [7, 11) is -3.67. The van der Waals surface area contributed by atoms with Crippen LogP contribution in [0.3, 0.4) is 0 Å². The van der Waals surface area contributed by atoms with Gasteiger partial charge >= 0.3 is 0 Å². The van der Waals surface area contributed by atoms with Crippen LogP contribution in [0.1, 0.15) is 5.56 Å². The van der Waals surface area contributed by atoms with Gasteiger partial charge < -0.3 is 0 Å². The van der Waals surface area contributed by atoms with Crippen molar-refractivity contribution >= 4 is 10.0 Å². The summed E-state index contributed by atoms with van der Waals surface area (Å²) in [5.74, 6) is 0. The highest BCUT2D eigenvalue weighted by molar-refractivity contribution is 7.89. The monoisotopic (exact) mass is 299 g/mol. The van der Waals surface area contributed by atoms with Crippen LogP contribution in [0.4, 0.5) is 0 Å². The first-order valence-corrected chi connectivity index (χ1v) is 7.81. The molecule has 0 saturated carbocycles. The van der Waals surface area contributed by atoms with Crippen molar-refractivity contribution in [1.29, 1.82) is 0 Å².